The summed E-state index contributed by atoms with van der Waals surface area (Å²) >= 11 is 0. The van der Waals surface area contributed by atoms with Crippen molar-refractivity contribution in [1.82, 2.24) is 20.1 Å². The van der Waals surface area contributed by atoms with Crippen LogP contribution in [0.5, 0.6) is 0 Å². The summed E-state index contributed by atoms with van der Waals surface area (Å²) in [4.78, 5) is 22.4. The number of carbonyl (C=O) groups is 1. The molecule has 2 aromatic heterocycles. The van der Waals surface area contributed by atoms with Gasteiger partial charge in [0.1, 0.15) is 17.1 Å². The molecule has 1 saturated carbocycles. The Hall–Kier alpha value is -5.92. The molecule has 8 rings (SSSR count). The van der Waals surface area contributed by atoms with Crippen LogP contribution in [0.1, 0.15) is 64.0 Å². The van der Waals surface area contributed by atoms with Crippen LogP contribution < -0.4 is 5.73 Å². The molecule has 7 heteroatoms. The average molecular weight is 700 g/mol. The Morgan fingerprint density at radius 3 is 2.09 bits per heavy atom. The lowest BCUT2D eigenvalue weighted by atomic mass is 9.70. The van der Waals surface area contributed by atoms with Crippen LogP contribution in [0.3, 0.4) is 0 Å². The van der Waals surface area contributed by atoms with E-state index in [1.807, 2.05) is 104 Å². The largest absolute Gasteiger partial charge is 0.325 e. The molecule has 2 heterocycles. The van der Waals surface area contributed by atoms with Crippen LogP contribution in [-0.4, -0.2) is 37.6 Å². The molecule has 0 radical (unpaired) electrons. The lowest BCUT2D eigenvalue weighted by Crippen LogP contribution is -2.60. The van der Waals surface area contributed by atoms with Crippen molar-refractivity contribution in [3.05, 3.63) is 191 Å². The van der Waals surface area contributed by atoms with E-state index in [1.165, 1.54) is 6.07 Å². The molecule has 1 fully saturated rings. The fraction of sp³-hybridized carbons (Fsp3) is 0.196. The smallest absolute Gasteiger partial charge is 0.255 e. The van der Waals surface area contributed by atoms with Crippen LogP contribution in [0, 0.1) is 12.7 Å². The first-order valence-electron chi connectivity index (χ1n) is 18.3. The van der Waals surface area contributed by atoms with Crippen molar-refractivity contribution in [3.63, 3.8) is 0 Å². The SMILES string of the molecule is Cc1cc(-c2n[nH]c3ccc(C(=O)N(C4CCCC(N)(Cc5ccccc5F)C4)C(c4ccccc4)(c4ccccc4)c4ccccc4)cc23)ccn1. The first kappa shape index (κ1) is 34.2. The number of fused-ring (bicyclic) bond motifs is 1. The van der Waals surface area contributed by atoms with Crippen molar-refractivity contribution in [2.24, 2.45) is 5.73 Å². The second-order valence-electron chi connectivity index (χ2n) is 14.4. The van der Waals surface area contributed by atoms with Crippen molar-refractivity contribution in [2.75, 3.05) is 0 Å². The van der Waals surface area contributed by atoms with E-state index < -0.39 is 11.1 Å². The second-order valence-corrected chi connectivity index (χ2v) is 14.4. The monoisotopic (exact) mass is 699 g/mol. The minimum atomic E-state index is -1.04. The van der Waals surface area contributed by atoms with Crippen molar-refractivity contribution >= 4 is 16.8 Å². The highest BCUT2D eigenvalue weighted by molar-refractivity contribution is 6.02. The maximum atomic E-state index is 15.9. The zero-order valence-electron chi connectivity index (χ0n) is 29.8. The van der Waals surface area contributed by atoms with Gasteiger partial charge < -0.3 is 10.6 Å². The number of carbonyl (C=O) groups excluding carboxylic acids is 1. The first-order chi connectivity index (χ1) is 25.9. The Balaban J connectivity index is 1.35. The van der Waals surface area contributed by atoms with Gasteiger partial charge in [0, 0.05) is 40.0 Å². The van der Waals surface area contributed by atoms with Gasteiger partial charge in [-0.25, -0.2) is 4.39 Å². The Morgan fingerprint density at radius 2 is 1.47 bits per heavy atom. The lowest BCUT2D eigenvalue weighted by molar-refractivity contribution is 0.0333. The van der Waals surface area contributed by atoms with Crippen LogP contribution in [0.15, 0.2) is 152 Å². The summed E-state index contributed by atoms with van der Waals surface area (Å²) in [5.41, 5.74) is 13.0. The van der Waals surface area contributed by atoms with Crippen molar-refractivity contribution in [3.8, 4) is 11.3 Å². The standard InChI is InChI=1S/C46H42FN5O/c1-32-28-33(25-27-49-32)43-40-29-34(23-24-42(40)50-51-43)44(53)52(39-21-13-26-45(48,31-39)30-35-14-11-12-22-41(35)47)46(36-15-5-2-6-16-36,37-17-7-3-8-18-37)38-19-9-4-10-20-38/h2-12,14-20,22-25,27-29,39H,13,21,26,30-31,48H2,1H3,(H,50,51). The number of hydrogen-bond donors (Lipinski definition) is 2. The van der Waals surface area contributed by atoms with Gasteiger partial charge in [-0.2, -0.15) is 5.10 Å². The molecule has 1 amide bonds. The number of aryl methyl sites for hydroxylation is 1. The zero-order valence-corrected chi connectivity index (χ0v) is 29.8. The molecule has 0 aliphatic heterocycles. The Labute approximate surface area is 309 Å². The second kappa shape index (κ2) is 14.2. The van der Waals surface area contributed by atoms with Gasteiger partial charge in [0.2, 0.25) is 0 Å². The highest BCUT2D eigenvalue weighted by Crippen LogP contribution is 2.47. The van der Waals surface area contributed by atoms with E-state index in [1.54, 1.807) is 12.3 Å². The predicted molar refractivity (Wildman–Crippen MR) is 209 cm³/mol. The topological polar surface area (TPSA) is 87.9 Å². The van der Waals surface area contributed by atoms with Crippen LogP contribution in [-0.2, 0) is 12.0 Å². The summed E-state index contributed by atoms with van der Waals surface area (Å²) < 4.78 is 15.1. The normalized spacial score (nSPS) is 17.5. The molecule has 53 heavy (non-hydrogen) atoms. The number of amides is 1. The summed E-state index contributed by atoms with van der Waals surface area (Å²) in [6.07, 6.45) is 4.91. The van der Waals surface area contributed by atoms with E-state index in [0.717, 1.165) is 63.8 Å². The van der Waals surface area contributed by atoms with Crippen LogP contribution in [0.2, 0.25) is 0 Å². The molecule has 1 aliphatic rings. The van der Waals surface area contributed by atoms with Gasteiger partial charge in [0.25, 0.3) is 5.91 Å². The van der Waals surface area contributed by atoms with Crippen LogP contribution in [0.25, 0.3) is 22.2 Å². The van der Waals surface area contributed by atoms with E-state index in [-0.39, 0.29) is 17.8 Å². The molecular formula is C46H42FN5O. The molecule has 264 valence electrons. The molecule has 6 nitrogen and oxygen atoms in total. The average Bonchev–Trinajstić information content (AvgIpc) is 3.62. The Bertz CT molecular complexity index is 2260. The minimum Gasteiger partial charge on any atom is -0.325 e. The summed E-state index contributed by atoms with van der Waals surface area (Å²) in [7, 11) is 0. The van der Waals surface area contributed by atoms with E-state index in [2.05, 4.69) is 56.5 Å². The third-order valence-corrected chi connectivity index (χ3v) is 10.9. The number of nitrogens with one attached hydrogen (secondary N) is 1. The predicted octanol–water partition coefficient (Wildman–Crippen LogP) is 9.39. The third-order valence-electron chi connectivity index (χ3n) is 10.9. The van der Waals surface area contributed by atoms with E-state index in [9.17, 15) is 0 Å². The molecule has 7 aromatic rings. The molecule has 3 N–H and O–H groups in total. The number of benzene rings is 5. The maximum Gasteiger partial charge on any atom is 0.255 e. The lowest BCUT2D eigenvalue weighted by Gasteiger charge is -2.52. The van der Waals surface area contributed by atoms with Crippen LogP contribution >= 0.6 is 0 Å². The van der Waals surface area contributed by atoms with Gasteiger partial charge >= 0.3 is 0 Å². The summed E-state index contributed by atoms with van der Waals surface area (Å²) in [6.45, 7) is 1.95. The number of nitrogens with two attached hydrogens (primary N) is 1. The number of nitrogens with zero attached hydrogens (tertiary/aromatic N) is 3. The number of aromatic nitrogens is 3. The number of rotatable bonds is 9. The highest BCUT2D eigenvalue weighted by atomic mass is 19.1. The van der Waals surface area contributed by atoms with Crippen molar-refractivity contribution in [1.29, 1.82) is 0 Å². The maximum absolute atomic E-state index is 15.9. The Kier molecular flexibility index (Phi) is 9.19. The summed E-state index contributed by atoms with van der Waals surface area (Å²) in [5.74, 6) is -0.380. The zero-order chi connectivity index (χ0) is 36.4. The number of hydrogen-bond acceptors (Lipinski definition) is 4. The highest BCUT2D eigenvalue weighted by Gasteiger charge is 2.50. The molecule has 0 spiro atoms. The quantitative estimate of drug-likeness (QED) is 0.147. The van der Waals surface area contributed by atoms with E-state index >= 15 is 9.18 Å². The number of halogens is 1. The molecule has 2 unspecified atom stereocenters. The van der Waals surface area contributed by atoms with Gasteiger partial charge in [0.15, 0.2) is 0 Å². The number of pyridine rings is 1. The van der Waals surface area contributed by atoms with Gasteiger partial charge in [-0.15, -0.1) is 0 Å². The van der Waals surface area contributed by atoms with E-state index in [0.29, 0.717) is 24.0 Å². The minimum absolute atomic E-state index is 0.123. The summed E-state index contributed by atoms with van der Waals surface area (Å²) in [6, 6.07) is 47.2. The fourth-order valence-corrected chi connectivity index (χ4v) is 8.51. The van der Waals surface area contributed by atoms with E-state index in [4.69, 9.17) is 5.73 Å². The first-order valence-corrected chi connectivity index (χ1v) is 18.3. The van der Waals surface area contributed by atoms with Crippen molar-refractivity contribution in [2.45, 2.75) is 56.1 Å². The molecule has 0 saturated heterocycles. The van der Waals surface area contributed by atoms with Crippen LogP contribution in [0.4, 0.5) is 4.39 Å². The number of H-pyrrole nitrogens is 1. The van der Waals surface area contributed by atoms with Crippen molar-refractivity contribution < 1.29 is 9.18 Å². The van der Waals surface area contributed by atoms with Gasteiger partial charge in [0.05, 0.1) is 5.52 Å². The molecule has 0 bridgehead atoms. The number of aromatic amines is 1. The molecule has 1 aliphatic carbocycles. The van der Waals surface area contributed by atoms with Gasteiger partial charge in [-0.1, -0.05) is 109 Å². The Morgan fingerprint density at radius 1 is 0.849 bits per heavy atom. The fourth-order valence-electron chi connectivity index (χ4n) is 8.51. The third kappa shape index (κ3) is 6.42. The molecular weight excluding hydrogens is 658 g/mol. The summed E-state index contributed by atoms with van der Waals surface area (Å²) in [5, 5.41) is 8.69. The van der Waals surface area contributed by atoms with Gasteiger partial charge in [-0.05, 0) is 97.7 Å². The molecule has 5 aromatic carbocycles. The molecule has 2 atom stereocenters. The van der Waals surface area contributed by atoms with Gasteiger partial charge in [-0.3, -0.25) is 14.9 Å².